The quantitative estimate of drug-likeness (QED) is 0.828. The summed E-state index contributed by atoms with van der Waals surface area (Å²) in [5, 5.41) is 0.329. The summed E-state index contributed by atoms with van der Waals surface area (Å²) in [5.41, 5.74) is 6.79. The highest BCUT2D eigenvalue weighted by atomic mass is 79.9. The molecule has 0 amide bonds. The molecule has 4 nitrogen and oxygen atoms in total. The molecular formula is C12H12BrClN2O2S2. The molecule has 8 heteroatoms. The minimum Gasteiger partial charge on any atom is -0.326 e. The standard InChI is InChI=1S/C12H12BrClN2O2S2/c1-7-4-12(19-11(7)6-15)20(17,18)16-10-3-2-8(13)5-9(10)14/h2-5,16H,6,15H2,1H3. The number of hydrogen-bond donors (Lipinski definition) is 2. The summed E-state index contributed by atoms with van der Waals surface area (Å²) in [5.74, 6) is 0. The first-order chi connectivity index (χ1) is 9.33. The lowest BCUT2D eigenvalue weighted by Crippen LogP contribution is -2.11. The molecule has 2 aromatic rings. The molecule has 3 N–H and O–H groups in total. The van der Waals surface area contributed by atoms with Crippen molar-refractivity contribution in [3.8, 4) is 0 Å². The molecule has 0 bridgehead atoms. The summed E-state index contributed by atoms with van der Waals surface area (Å²) in [6, 6.07) is 6.56. The number of halogens is 2. The van der Waals surface area contributed by atoms with E-state index in [9.17, 15) is 8.42 Å². The first kappa shape index (κ1) is 15.8. The van der Waals surface area contributed by atoms with Crippen molar-refractivity contribution in [3.63, 3.8) is 0 Å². The molecule has 0 unspecified atom stereocenters. The van der Waals surface area contributed by atoms with E-state index in [-0.39, 0.29) is 4.21 Å². The van der Waals surface area contributed by atoms with Gasteiger partial charge in [0.05, 0.1) is 10.7 Å². The molecule has 0 saturated carbocycles. The van der Waals surface area contributed by atoms with Crippen LogP contribution >= 0.6 is 38.9 Å². The maximum atomic E-state index is 12.3. The zero-order chi connectivity index (χ0) is 14.9. The summed E-state index contributed by atoms with van der Waals surface area (Å²) in [4.78, 5) is 0.854. The van der Waals surface area contributed by atoms with Crippen molar-refractivity contribution >= 4 is 54.6 Å². The second kappa shape index (κ2) is 6.03. The van der Waals surface area contributed by atoms with Crippen molar-refractivity contribution < 1.29 is 8.42 Å². The number of rotatable bonds is 4. The second-order valence-corrected chi connectivity index (χ2v) is 8.47. The molecule has 1 aromatic carbocycles. The Morgan fingerprint density at radius 1 is 1.40 bits per heavy atom. The minimum absolute atomic E-state index is 0.231. The molecule has 2 rings (SSSR count). The molecule has 0 spiro atoms. The predicted octanol–water partition coefficient (Wildman–Crippen LogP) is 3.73. The maximum absolute atomic E-state index is 12.3. The third kappa shape index (κ3) is 3.35. The number of nitrogens with two attached hydrogens (primary N) is 1. The van der Waals surface area contributed by atoms with Crippen molar-refractivity contribution in [2.24, 2.45) is 5.73 Å². The van der Waals surface area contributed by atoms with Gasteiger partial charge in [-0.3, -0.25) is 4.72 Å². The van der Waals surface area contributed by atoms with Gasteiger partial charge in [0.1, 0.15) is 4.21 Å². The topological polar surface area (TPSA) is 72.2 Å². The van der Waals surface area contributed by atoms with Gasteiger partial charge in [0.2, 0.25) is 0 Å². The second-order valence-electron chi connectivity index (χ2n) is 4.11. The Labute approximate surface area is 135 Å². The highest BCUT2D eigenvalue weighted by Crippen LogP contribution is 2.31. The lowest BCUT2D eigenvalue weighted by Gasteiger charge is -2.08. The maximum Gasteiger partial charge on any atom is 0.271 e. The van der Waals surface area contributed by atoms with Gasteiger partial charge in [-0.2, -0.15) is 0 Å². The molecule has 0 aliphatic rings. The predicted molar refractivity (Wildman–Crippen MR) is 86.9 cm³/mol. The van der Waals surface area contributed by atoms with Gasteiger partial charge >= 0.3 is 0 Å². The molecule has 1 aromatic heterocycles. The van der Waals surface area contributed by atoms with Gasteiger partial charge < -0.3 is 5.73 Å². The third-order valence-corrected chi connectivity index (χ3v) is 6.53. The van der Waals surface area contributed by atoms with Gasteiger partial charge in [0, 0.05) is 15.9 Å². The zero-order valence-electron chi connectivity index (χ0n) is 10.5. The van der Waals surface area contributed by atoms with Crippen LogP contribution in [0.4, 0.5) is 5.69 Å². The number of anilines is 1. The molecule has 0 fully saturated rings. The Morgan fingerprint density at radius 2 is 2.10 bits per heavy atom. The lowest BCUT2D eigenvalue weighted by atomic mass is 10.3. The van der Waals surface area contributed by atoms with E-state index in [0.29, 0.717) is 17.3 Å². The molecule has 0 atom stereocenters. The fourth-order valence-corrected chi connectivity index (χ4v) is 4.92. The van der Waals surface area contributed by atoms with Crippen molar-refractivity contribution in [3.05, 3.63) is 44.2 Å². The highest BCUT2D eigenvalue weighted by Gasteiger charge is 2.19. The van der Waals surface area contributed by atoms with Crippen molar-refractivity contribution in [2.45, 2.75) is 17.7 Å². The first-order valence-corrected chi connectivity index (χ1v) is 9.08. The Bertz CT molecular complexity index is 744. The molecule has 108 valence electrons. The normalized spacial score (nSPS) is 11.6. The number of benzene rings is 1. The van der Waals surface area contributed by atoms with E-state index in [1.807, 2.05) is 6.92 Å². The van der Waals surface area contributed by atoms with Crippen molar-refractivity contribution in [1.82, 2.24) is 0 Å². The van der Waals surface area contributed by atoms with Gasteiger partial charge in [0.25, 0.3) is 10.0 Å². The van der Waals surface area contributed by atoms with Crippen LogP contribution in [-0.4, -0.2) is 8.42 Å². The van der Waals surface area contributed by atoms with Crippen LogP contribution in [0.15, 0.2) is 32.9 Å². The SMILES string of the molecule is Cc1cc(S(=O)(=O)Nc2ccc(Br)cc2Cl)sc1CN. The van der Waals surface area contributed by atoms with E-state index >= 15 is 0 Å². The smallest absolute Gasteiger partial charge is 0.271 e. The van der Waals surface area contributed by atoms with Gasteiger partial charge in [-0.05, 0) is 36.8 Å². The van der Waals surface area contributed by atoms with Gasteiger partial charge in [-0.25, -0.2) is 8.42 Å². The fraction of sp³-hybridized carbons (Fsp3) is 0.167. The summed E-state index contributed by atoms with van der Waals surface area (Å²) in [6.07, 6.45) is 0. The van der Waals surface area contributed by atoms with Crippen LogP contribution in [0.25, 0.3) is 0 Å². The van der Waals surface area contributed by atoms with E-state index in [0.717, 1.165) is 14.9 Å². The summed E-state index contributed by atoms with van der Waals surface area (Å²) >= 11 is 10.4. The number of hydrogen-bond acceptors (Lipinski definition) is 4. The molecular weight excluding hydrogens is 384 g/mol. The number of thiophene rings is 1. The van der Waals surface area contributed by atoms with Crippen LogP contribution in [0.1, 0.15) is 10.4 Å². The largest absolute Gasteiger partial charge is 0.326 e. The average molecular weight is 396 g/mol. The molecule has 1 heterocycles. The van der Waals surface area contributed by atoms with E-state index < -0.39 is 10.0 Å². The minimum atomic E-state index is -3.65. The molecule has 20 heavy (non-hydrogen) atoms. The van der Waals surface area contributed by atoms with Crippen LogP contribution in [0.3, 0.4) is 0 Å². The lowest BCUT2D eigenvalue weighted by molar-refractivity contribution is 0.603. The molecule has 0 aliphatic carbocycles. The third-order valence-electron chi connectivity index (χ3n) is 2.62. The van der Waals surface area contributed by atoms with Gasteiger partial charge in [0.15, 0.2) is 0 Å². The number of aryl methyl sites for hydroxylation is 1. The van der Waals surface area contributed by atoms with Gasteiger partial charge in [-0.1, -0.05) is 27.5 Å². The first-order valence-electron chi connectivity index (χ1n) is 5.60. The van der Waals surface area contributed by atoms with Crippen LogP contribution in [0.2, 0.25) is 5.02 Å². The Balaban J connectivity index is 2.35. The van der Waals surface area contributed by atoms with E-state index in [1.165, 1.54) is 11.3 Å². The van der Waals surface area contributed by atoms with E-state index in [1.54, 1.807) is 24.3 Å². The van der Waals surface area contributed by atoms with Crippen molar-refractivity contribution in [2.75, 3.05) is 4.72 Å². The van der Waals surface area contributed by atoms with Gasteiger partial charge in [-0.15, -0.1) is 11.3 Å². The number of nitrogens with one attached hydrogen (secondary N) is 1. The van der Waals surface area contributed by atoms with E-state index in [4.69, 9.17) is 17.3 Å². The summed E-state index contributed by atoms with van der Waals surface area (Å²) in [7, 11) is -3.65. The summed E-state index contributed by atoms with van der Waals surface area (Å²) < 4.78 is 28.1. The zero-order valence-corrected chi connectivity index (χ0v) is 14.5. The monoisotopic (exact) mass is 394 g/mol. The highest BCUT2D eigenvalue weighted by molar-refractivity contribution is 9.10. The van der Waals surface area contributed by atoms with Crippen molar-refractivity contribution in [1.29, 1.82) is 0 Å². The Kier molecular flexibility index (Phi) is 4.76. The van der Waals surface area contributed by atoms with E-state index in [2.05, 4.69) is 20.7 Å². The molecule has 0 saturated heterocycles. The average Bonchev–Trinajstić information content (AvgIpc) is 2.75. The van der Waals surface area contributed by atoms with Crippen LogP contribution in [0, 0.1) is 6.92 Å². The fourth-order valence-electron chi connectivity index (χ4n) is 1.59. The molecule has 0 aliphatic heterocycles. The molecule has 0 radical (unpaired) electrons. The Hall–Kier alpha value is -0.600. The van der Waals surface area contributed by atoms with Crippen LogP contribution < -0.4 is 10.5 Å². The van der Waals surface area contributed by atoms with Crippen LogP contribution in [-0.2, 0) is 16.6 Å². The summed E-state index contributed by atoms with van der Waals surface area (Å²) in [6.45, 7) is 2.16. The number of sulfonamides is 1. The Morgan fingerprint density at radius 3 is 2.65 bits per heavy atom. The van der Waals surface area contributed by atoms with Crippen LogP contribution in [0.5, 0.6) is 0 Å².